The number of carbonyl (C=O) groups excluding carboxylic acids is 1. The van der Waals surface area contributed by atoms with Gasteiger partial charge in [-0.1, -0.05) is 35.9 Å². The van der Waals surface area contributed by atoms with E-state index < -0.39 is 5.91 Å². The van der Waals surface area contributed by atoms with E-state index in [4.69, 9.17) is 10.00 Å². The van der Waals surface area contributed by atoms with Crippen molar-refractivity contribution in [2.24, 2.45) is 0 Å². The fraction of sp³-hybridized carbons (Fsp3) is 0.150. The number of amides is 1. The van der Waals surface area contributed by atoms with Gasteiger partial charge in [-0.15, -0.1) is 0 Å². The van der Waals surface area contributed by atoms with Crippen LogP contribution in [-0.2, 0) is 4.79 Å². The molecule has 0 fully saturated rings. The van der Waals surface area contributed by atoms with E-state index in [2.05, 4.69) is 5.32 Å². The highest BCUT2D eigenvalue weighted by atomic mass is 16.5. The Bertz CT molecular complexity index is 902. The minimum Gasteiger partial charge on any atom is -0.478 e. The molecule has 0 aliphatic carbocycles. The van der Waals surface area contributed by atoms with Gasteiger partial charge in [0, 0.05) is 11.3 Å². The van der Waals surface area contributed by atoms with Gasteiger partial charge in [0.05, 0.1) is 0 Å². The van der Waals surface area contributed by atoms with Crippen LogP contribution in [0.3, 0.4) is 0 Å². The van der Waals surface area contributed by atoms with E-state index >= 15 is 0 Å². The van der Waals surface area contributed by atoms with E-state index in [1.165, 1.54) is 6.08 Å². The maximum absolute atomic E-state index is 12.4. The van der Waals surface area contributed by atoms with Gasteiger partial charge in [-0.3, -0.25) is 4.79 Å². The Kier molecular flexibility index (Phi) is 5.92. The largest absolute Gasteiger partial charge is 0.478 e. The molecule has 0 aromatic heterocycles. The molecule has 0 heterocycles. The van der Waals surface area contributed by atoms with Crippen LogP contribution < -0.4 is 10.1 Å². The molecule has 0 aliphatic heterocycles. The second-order valence-electron chi connectivity index (χ2n) is 5.43. The van der Waals surface area contributed by atoms with Crippen molar-refractivity contribution in [2.75, 3.05) is 11.9 Å². The monoisotopic (exact) mass is 331 g/mol. The maximum Gasteiger partial charge on any atom is 0.266 e. The lowest BCUT2D eigenvalue weighted by Gasteiger charge is -2.09. The molecular weight excluding hydrogens is 314 g/mol. The van der Waals surface area contributed by atoms with E-state index in [1.54, 1.807) is 24.3 Å². The first-order valence-electron chi connectivity index (χ1n) is 7.64. The van der Waals surface area contributed by atoms with Crippen LogP contribution in [-0.4, -0.2) is 12.5 Å². The van der Waals surface area contributed by atoms with Crippen LogP contribution in [0.5, 0.6) is 5.75 Å². The highest BCUT2D eigenvalue weighted by molar-refractivity contribution is 6.10. The smallest absolute Gasteiger partial charge is 0.266 e. The second kappa shape index (κ2) is 8.33. The number of anilines is 1. The molecule has 0 atom stereocenters. The van der Waals surface area contributed by atoms with Crippen LogP contribution >= 0.6 is 0 Å². The van der Waals surface area contributed by atoms with Gasteiger partial charge in [-0.2, -0.15) is 10.5 Å². The van der Waals surface area contributed by atoms with Crippen molar-refractivity contribution >= 4 is 17.7 Å². The third kappa shape index (κ3) is 4.70. The highest BCUT2D eigenvalue weighted by Gasteiger charge is 2.12. The predicted molar refractivity (Wildman–Crippen MR) is 95.7 cm³/mol. The highest BCUT2D eigenvalue weighted by Crippen LogP contribution is 2.22. The molecule has 2 aromatic carbocycles. The number of nitrogens with one attached hydrogen (secondary N) is 1. The molecule has 25 heavy (non-hydrogen) atoms. The normalized spacial score (nSPS) is 10.5. The lowest BCUT2D eigenvalue weighted by molar-refractivity contribution is -0.112. The van der Waals surface area contributed by atoms with Crippen LogP contribution in [0, 0.1) is 36.5 Å². The summed E-state index contributed by atoms with van der Waals surface area (Å²) in [6, 6.07) is 16.4. The summed E-state index contributed by atoms with van der Waals surface area (Å²) in [5.74, 6) is -0.0549. The molecule has 1 N–H and O–H groups in total. The Morgan fingerprint density at radius 3 is 2.64 bits per heavy atom. The van der Waals surface area contributed by atoms with E-state index in [-0.39, 0.29) is 12.2 Å². The fourth-order valence-corrected chi connectivity index (χ4v) is 2.29. The van der Waals surface area contributed by atoms with Crippen molar-refractivity contribution in [3.63, 3.8) is 0 Å². The second-order valence-corrected chi connectivity index (χ2v) is 5.43. The Morgan fingerprint density at radius 2 is 1.96 bits per heavy atom. The van der Waals surface area contributed by atoms with Crippen molar-refractivity contribution in [3.05, 3.63) is 64.7 Å². The van der Waals surface area contributed by atoms with Crippen molar-refractivity contribution < 1.29 is 9.53 Å². The van der Waals surface area contributed by atoms with Gasteiger partial charge in [0.2, 0.25) is 0 Å². The fourth-order valence-electron chi connectivity index (χ4n) is 2.29. The van der Waals surface area contributed by atoms with E-state index in [0.717, 1.165) is 11.1 Å². The summed E-state index contributed by atoms with van der Waals surface area (Å²) in [4.78, 5) is 12.4. The number of hydrogen-bond acceptors (Lipinski definition) is 4. The molecule has 5 nitrogen and oxygen atoms in total. The van der Waals surface area contributed by atoms with Crippen LogP contribution in [0.2, 0.25) is 0 Å². The van der Waals surface area contributed by atoms with Crippen LogP contribution in [0.15, 0.2) is 48.0 Å². The zero-order valence-corrected chi connectivity index (χ0v) is 14.0. The molecule has 0 radical (unpaired) electrons. The summed E-state index contributed by atoms with van der Waals surface area (Å²) in [5.41, 5.74) is 3.18. The SMILES string of the molecule is Cc1ccc(NC(=O)/C(C#N)=C/c2ccccc2OCC#N)c(C)c1. The van der Waals surface area contributed by atoms with Crippen molar-refractivity contribution in [1.82, 2.24) is 0 Å². The standard InChI is InChI=1S/C20H17N3O2/c1-14-7-8-18(15(2)11-14)23-20(24)17(13-22)12-16-5-3-4-6-19(16)25-10-9-21/h3-8,11-12H,10H2,1-2H3,(H,23,24)/b17-12+. The number of rotatable bonds is 5. The Morgan fingerprint density at radius 1 is 1.20 bits per heavy atom. The summed E-state index contributed by atoms with van der Waals surface area (Å²) in [6.07, 6.45) is 1.45. The molecule has 124 valence electrons. The molecule has 2 rings (SSSR count). The lowest BCUT2D eigenvalue weighted by Crippen LogP contribution is -2.14. The first-order chi connectivity index (χ1) is 12.0. The van der Waals surface area contributed by atoms with Crippen LogP contribution in [0.25, 0.3) is 6.08 Å². The molecule has 0 bridgehead atoms. The van der Waals surface area contributed by atoms with Crippen LogP contribution in [0.4, 0.5) is 5.69 Å². The number of hydrogen-bond donors (Lipinski definition) is 1. The van der Waals surface area contributed by atoms with Gasteiger partial charge in [0.1, 0.15) is 23.5 Å². The van der Waals surface area contributed by atoms with Crippen molar-refractivity contribution in [2.45, 2.75) is 13.8 Å². The minimum absolute atomic E-state index is 0.0482. The average Bonchev–Trinajstić information content (AvgIpc) is 2.61. The number of para-hydroxylation sites is 1. The van der Waals surface area contributed by atoms with Crippen molar-refractivity contribution in [3.8, 4) is 17.9 Å². The molecule has 5 heteroatoms. The molecule has 1 amide bonds. The number of nitriles is 2. The van der Waals surface area contributed by atoms with E-state index in [1.807, 2.05) is 44.2 Å². The quantitative estimate of drug-likeness (QED) is 0.668. The molecular formula is C20H17N3O2. The summed E-state index contributed by atoms with van der Waals surface area (Å²) in [7, 11) is 0. The van der Waals surface area contributed by atoms with Gasteiger partial charge < -0.3 is 10.1 Å². The lowest BCUT2D eigenvalue weighted by atomic mass is 10.1. The Labute approximate surface area is 146 Å². The van der Waals surface area contributed by atoms with Gasteiger partial charge in [-0.05, 0) is 37.6 Å². The number of carbonyl (C=O) groups is 1. The van der Waals surface area contributed by atoms with Crippen LogP contribution in [0.1, 0.15) is 16.7 Å². The number of nitrogens with zero attached hydrogens (tertiary/aromatic N) is 2. The number of benzene rings is 2. The number of ether oxygens (including phenoxy) is 1. The van der Waals surface area contributed by atoms with Crippen molar-refractivity contribution in [1.29, 1.82) is 10.5 Å². The average molecular weight is 331 g/mol. The van der Waals surface area contributed by atoms with Gasteiger partial charge in [0.25, 0.3) is 5.91 Å². The molecule has 0 unspecified atom stereocenters. The molecule has 0 saturated heterocycles. The summed E-state index contributed by atoms with van der Waals surface area (Å²) in [6.45, 7) is 3.75. The Hall–Kier alpha value is -3.57. The zero-order chi connectivity index (χ0) is 18.2. The molecule has 0 aliphatic rings. The first kappa shape index (κ1) is 17.8. The first-order valence-corrected chi connectivity index (χ1v) is 7.64. The molecule has 0 saturated carbocycles. The summed E-state index contributed by atoms with van der Waals surface area (Å²) >= 11 is 0. The zero-order valence-electron chi connectivity index (χ0n) is 14.0. The summed E-state index contributed by atoms with van der Waals surface area (Å²) < 4.78 is 5.32. The maximum atomic E-state index is 12.4. The molecule has 0 spiro atoms. The topological polar surface area (TPSA) is 85.9 Å². The Balaban J connectivity index is 2.27. The summed E-state index contributed by atoms with van der Waals surface area (Å²) in [5, 5.41) is 20.7. The predicted octanol–water partition coefficient (Wildman–Crippen LogP) is 3.75. The minimum atomic E-state index is -0.496. The van der Waals surface area contributed by atoms with Gasteiger partial charge in [-0.25, -0.2) is 0 Å². The molecule has 2 aromatic rings. The third-order valence-electron chi connectivity index (χ3n) is 3.51. The van der Waals surface area contributed by atoms with E-state index in [0.29, 0.717) is 17.0 Å². The van der Waals surface area contributed by atoms with Gasteiger partial charge in [0.15, 0.2) is 6.61 Å². The third-order valence-corrected chi connectivity index (χ3v) is 3.51. The number of aryl methyl sites for hydroxylation is 2. The van der Waals surface area contributed by atoms with E-state index in [9.17, 15) is 10.1 Å². The van der Waals surface area contributed by atoms with Gasteiger partial charge >= 0.3 is 0 Å².